The van der Waals surface area contributed by atoms with Crippen LogP contribution >= 0.6 is 0 Å². The normalized spacial score (nSPS) is 20.8. The fourth-order valence-corrected chi connectivity index (χ4v) is 6.33. The van der Waals surface area contributed by atoms with E-state index in [2.05, 4.69) is 13.8 Å². The van der Waals surface area contributed by atoms with Gasteiger partial charge >= 0.3 is 6.09 Å². The number of carbonyl (C=O) groups excluding carboxylic acids is 2. The number of imide groups is 1. The lowest BCUT2D eigenvalue weighted by atomic mass is 9.89. The van der Waals surface area contributed by atoms with Crippen molar-refractivity contribution in [1.29, 1.82) is 0 Å². The maximum Gasteiger partial charge on any atom is 0.417 e. The average molecular weight is 437 g/mol. The largest absolute Gasteiger partial charge is 0.439 e. The third-order valence-corrected chi connectivity index (χ3v) is 7.95. The molecule has 8 heteroatoms. The SMILES string of the molecule is CC(C)c1cc(C(C)C)c(S(=O)(=O)N2CCC(N3C(=O)COC3=O)C2)c(C(C)C)c1. The Labute approximate surface area is 179 Å². The molecule has 166 valence electrons. The molecule has 3 rings (SSSR count). The molecule has 1 atom stereocenters. The van der Waals surface area contributed by atoms with Crippen molar-refractivity contribution in [3.05, 3.63) is 28.8 Å². The monoisotopic (exact) mass is 436 g/mol. The molecule has 2 aliphatic rings. The lowest BCUT2D eigenvalue weighted by molar-refractivity contribution is -0.127. The Morgan fingerprint density at radius 3 is 1.97 bits per heavy atom. The van der Waals surface area contributed by atoms with Gasteiger partial charge in [-0.2, -0.15) is 4.31 Å². The summed E-state index contributed by atoms with van der Waals surface area (Å²) in [5.41, 5.74) is 2.78. The third kappa shape index (κ3) is 3.99. The van der Waals surface area contributed by atoms with Crippen LogP contribution in [0.3, 0.4) is 0 Å². The molecule has 7 nitrogen and oxygen atoms in total. The smallest absolute Gasteiger partial charge is 0.417 e. The molecule has 30 heavy (non-hydrogen) atoms. The number of rotatable bonds is 6. The van der Waals surface area contributed by atoms with E-state index in [1.807, 2.05) is 39.8 Å². The molecule has 0 radical (unpaired) electrons. The number of ether oxygens (including phenoxy) is 1. The Morgan fingerprint density at radius 2 is 1.53 bits per heavy atom. The van der Waals surface area contributed by atoms with Crippen molar-refractivity contribution in [3.63, 3.8) is 0 Å². The number of nitrogens with zero attached hydrogens (tertiary/aromatic N) is 2. The predicted octanol–water partition coefficient (Wildman–Crippen LogP) is 3.80. The van der Waals surface area contributed by atoms with Gasteiger partial charge in [0, 0.05) is 13.1 Å². The van der Waals surface area contributed by atoms with Crippen LogP contribution in [0.25, 0.3) is 0 Å². The van der Waals surface area contributed by atoms with E-state index in [-0.39, 0.29) is 31.5 Å². The highest BCUT2D eigenvalue weighted by atomic mass is 32.2. The molecule has 2 aliphatic heterocycles. The van der Waals surface area contributed by atoms with Gasteiger partial charge in [0.2, 0.25) is 10.0 Å². The zero-order chi connectivity index (χ0) is 22.4. The maximum absolute atomic E-state index is 13.8. The number of carbonyl (C=O) groups is 2. The Morgan fingerprint density at radius 1 is 0.967 bits per heavy atom. The van der Waals surface area contributed by atoms with Crippen molar-refractivity contribution in [1.82, 2.24) is 9.21 Å². The van der Waals surface area contributed by atoms with Crippen LogP contribution in [0.1, 0.15) is 82.4 Å². The van der Waals surface area contributed by atoms with Crippen LogP contribution in [-0.2, 0) is 19.6 Å². The summed E-state index contributed by atoms with van der Waals surface area (Å²) >= 11 is 0. The minimum atomic E-state index is -3.79. The first-order valence-corrected chi connectivity index (χ1v) is 12.1. The summed E-state index contributed by atoms with van der Waals surface area (Å²) < 4.78 is 33.8. The molecule has 0 bridgehead atoms. The summed E-state index contributed by atoms with van der Waals surface area (Å²) in [6.45, 7) is 12.3. The second kappa shape index (κ2) is 8.30. The molecular formula is C22H32N2O5S. The Hall–Kier alpha value is -1.93. The molecule has 0 aliphatic carbocycles. The first kappa shape index (κ1) is 22.7. The number of cyclic esters (lactones) is 1. The quantitative estimate of drug-likeness (QED) is 0.677. The van der Waals surface area contributed by atoms with Crippen LogP contribution in [0.15, 0.2) is 17.0 Å². The lowest BCUT2D eigenvalue weighted by Gasteiger charge is -2.26. The third-order valence-electron chi connectivity index (χ3n) is 5.95. The molecule has 1 aromatic carbocycles. The van der Waals surface area contributed by atoms with E-state index in [1.54, 1.807) is 0 Å². The summed E-state index contributed by atoms with van der Waals surface area (Å²) in [6, 6.07) is 3.55. The van der Waals surface area contributed by atoms with E-state index >= 15 is 0 Å². The highest BCUT2D eigenvalue weighted by Gasteiger charge is 2.44. The van der Waals surface area contributed by atoms with Gasteiger partial charge in [0.1, 0.15) is 0 Å². The van der Waals surface area contributed by atoms with Gasteiger partial charge in [-0.3, -0.25) is 4.79 Å². The Kier molecular flexibility index (Phi) is 6.30. The van der Waals surface area contributed by atoms with Gasteiger partial charge in [-0.05, 0) is 40.9 Å². The van der Waals surface area contributed by atoms with E-state index in [9.17, 15) is 18.0 Å². The highest BCUT2D eigenvalue weighted by molar-refractivity contribution is 7.89. The number of hydrogen-bond acceptors (Lipinski definition) is 5. The lowest BCUT2D eigenvalue weighted by Crippen LogP contribution is -2.42. The maximum atomic E-state index is 13.8. The molecule has 1 unspecified atom stereocenters. The molecule has 2 saturated heterocycles. The minimum absolute atomic E-state index is 0.0412. The summed E-state index contributed by atoms with van der Waals surface area (Å²) in [5.74, 6) is -0.0320. The molecule has 2 amide bonds. The molecular weight excluding hydrogens is 404 g/mol. The minimum Gasteiger partial charge on any atom is -0.439 e. The van der Waals surface area contributed by atoms with Gasteiger partial charge in [-0.1, -0.05) is 53.7 Å². The Bertz CT molecular complexity index is 907. The average Bonchev–Trinajstić information content (AvgIpc) is 3.27. The predicted molar refractivity (Wildman–Crippen MR) is 114 cm³/mol. The molecule has 2 heterocycles. The van der Waals surface area contributed by atoms with Crippen LogP contribution in [0.4, 0.5) is 4.79 Å². The van der Waals surface area contributed by atoms with Gasteiger partial charge in [-0.15, -0.1) is 0 Å². The van der Waals surface area contributed by atoms with E-state index in [0.29, 0.717) is 17.2 Å². The van der Waals surface area contributed by atoms with Crippen LogP contribution < -0.4 is 0 Å². The number of hydrogen-bond donors (Lipinski definition) is 0. The number of benzene rings is 1. The molecule has 0 spiro atoms. The van der Waals surface area contributed by atoms with Gasteiger partial charge in [0.15, 0.2) is 6.61 Å². The van der Waals surface area contributed by atoms with Crippen molar-refractivity contribution >= 4 is 22.0 Å². The summed E-state index contributed by atoms with van der Waals surface area (Å²) in [6.07, 6.45) is -0.269. The number of sulfonamides is 1. The second-order valence-electron chi connectivity index (χ2n) is 9.12. The Balaban J connectivity index is 2.04. The first-order chi connectivity index (χ1) is 13.9. The molecule has 1 aromatic rings. The van der Waals surface area contributed by atoms with Crippen LogP contribution in [0, 0.1) is 0 Å². The molecule has 0 N–H and O–H groups in total. The first-order valence-electron chi connectivity index (χ1n) is 10.6. The van der Waals surface area contributed by atoms with Crippen molar-refractivity contribution in [2.45, 2.75) is 76.7 Å². The zero-order valence-corrected chi connectivity index (χ0v) is 19.5. The zero-order valence-electron chi connectivity index (χ0n) is 18.6. The molecule has 2 fully saturated rings. The van der Waals surface area contributed by atoms with Crippen molar-refractivity contribution in [2.24, 2.45) is 0 Å². The van der Waals surface area contributed by atoms with E-state index < -0.39 is 28.1 Å². The summed E-state index contributed by atoms with van der Waals surface area (Å²) in [7, 11) is -3.79. The fraction of sp³-hybridized carbons (Fsp3) is 0.636. The van der Waals surface area contributed by atoms with Gasteiger partial charge in [0.25, 0.3) is 5.91 Å². The summed E-state index contributed by atoms with van der Waals surface area (Å²) in [5, 5.41) is 0. The topological polar surface area (TPSA) is 84.0 Å². The standard InChI is InChI=1S/C22H32N2O5S/c1-13(2)16-9-18(14(3)4)21(19(10-16)15(5)6)30(27,28)23-8-7-17(11-23)24-20(25)12-29-22(24)26/h9-10,13-15,17H,7-8,11-12H2,1-6H3. The van der Waals surface area contributed by atoms with Crippen molar-refractivity contribution in [3.8, 4) is 0 Å². The highest BCUT2D eigenvalue weighted by Crippen LogP contribution is 2.38. The molecule has 0 saturated carbocycles. The molecule has 0 aromatic heterocycles. The van der Waals surface area contributed by atoms with Gasteiger partial charge in [0.05, 0.1) is 10.9 Å². The van der Waals surface area contributed by atoms with Gasteiger partial charge < -0.3 is 4.74 Å². The van der Waals surface area contributed by atoms with Crippen LogP contribution in [0.2, 0.25) is 0 Å². The van der Waals surface area contributed by atoms with Crippen molar-refractivity contribution in [2.75, 3.05) is 19.7 Å². The number of amides is 2. The fourth-order valence-electron chi connectivity index (χ4n) is 4.17. The van der Waals surface area contributed by atoms with E-state index in [0.717, 1.165) is 21.6 Å². The van der Waals surface area contributed by atoms with E-state index in [4.69, 9.17) is 4.74 Å². The van der Waals surface area contributed by atoms with Crippen LogP contribution in [0.5, 0.6) is 0 Å². The van der Waals surface area contributed by atoms with Crippen LogP contribution in [-0.4, -0.2) is 55.4 Å². The summed E-state index contributed by atoms with van der Waals surface area (Å²) in [4.78, 5) is 25.4. The van der Waals surface area contributed by atoms with Gasteiger partial charge in [-0.25, -0.2) is 18.1 Å². The van der Waals surface area contributed by atoms with E-state index in [1.165, 1.54) is 4.31 Å². The van der Waals surface area contributed by atoms with Crippen molar-refractivity contribution < 1.29 is 22.7 Å². The second-order valence-corrected chi connectivity index (χ2v) is 11.0.